The monoisotopic (exact) mass is 1370 g/mol. The summed E-state index contributed by atoms with van der Waals surface area (Å²) < 4.78 is 19.2. The molecular weight excluding hydrogens is 1260 g/mol. The van der Waals surface area contributed by atoms with Crippen molar-refractivity contribution in [3.63, 3.8) is 0 Å². The van der Waals surface area contributed by atoms with Crippen LogP contribution in [0.2, 0.25) is 10.0 Å². The summed E-state index contributed by atoms with van der Waals surface area (Å²) in [6.07, 6.45) is 6.63. The second kappa shape index (κ2) is 25.6. The molecule has 0 saturated carbocycles. The summed E-state index contributed by atoms with van der Waals surface area (Å²) in [5.74, 6) is -1.36. The number of fused-ring (bicyclic) bond motifs is 6. The maximum Gasteiger partial charge on any atom is 0.218 e. The van der Waals surface area contributed by atoms with Crippen molar-refractivity contribution in [1.29, 1.82) is 0 Å². The maximum absolute atomic E-state index is 14.6. The third kappa shape index (κ3) is 15.4. The molecule has 2 aromatic heterocycles. The number of aliphatic hydroxyl groups is 1. The van der Waals surface area contributed by atoms with Crippen molar-refractivity contribution in [3.05, 3.63) is 188 Å². The van der Waals surface area contributed by atoms with E-state index in [4.69, 9.17) is 32.7 Å². The molecule has 530 valence electrons. The van der Waals surface area contributed by atoms with E-state index in [2.05, 4.69) is 312 Å². The van der Waals surface area contributed by atoms with Crippen molar-refractivity contribution in [2.75, 3.05) is 13.2 Å². The average molecular weight is 1370 g/mol. The molecule has 6 nitrogen and oxygen atoms in total. The molecule has 0 saturated heterocycles. The van der Waals surface area contributed by atoms with Gasteiger partial charge in [-0.2, -0.15) is 0 Å². The molecule has 0 aliphatic heterocycles. The number of hydrogen-bond donors (Lipinski definition) is 2. The predicted octanol–water partition coefficient (Wildman–Crippen LogP) is 26.3. The van der Waals surface area contributed by atoms with E-state index in [1.54, 1.807) is 0 Å². The topological polar surface area (TPSA) is 68.8 Å². The molecule has 10 rings (SSSR count). The molecule has 0 spiro atoms. The van der Waals surface area contributed by atoms with Gasteiger partial charge in [0.25, 0.3) is 0 Å². The Morgan fingerprint density at radius 2 is 0.848 bits per heavy atom. The Balaban J connectivity index is 1.15. The number of aromatic hydroxyl groups is 1. The molecule has 0 fully saturated rings. The molecule has 1 aliphatic rings. The van der Waals surface area contributed by atoms with Gasteiger partial charge in [-0.05, 0) is 208 Å². The van der Waals surface area contributed by atoms with Crippen LogP contribution in [0.5, 0.6) is 11.5 Å². The molecule has 1 aliphatic carbocycles. The summed E-state index contributed by atoms with van der Waals surface area (Å²) in [6.45, 7) is 63.8. The van der Waals surface area contributed by atoms with Crippen LogP contribution in [0.15, 0.2) is 133 Å². The minimum atomic E-state index is -1.96. The quantitative estimate of drug-likeness (QED) is 0.0841. The fourth-order valence-electron chi connectivity index (χ4n) is 15.6. The van der Waals surface area contributed by atoms with E-state index in [-0.39, 0.29) is 73.1 Å². The smallest absolute Gasteiger partial charge is 0.218 e. The summed E-state index contributed by atoms with van der Waals surface area (Å²) in [5.41, 5.74) is 15.0. The van der Waals surface area contributed by atoms with Gasteiger partial charge in [-0.3, -0.25) is 0 Å². The Morgan fingerprint density at radius 1 is 0.434 bits per heavy atom. The molecule has 2 unspecified atom stereocenters. The number of rotatable bonds is 14. The highest BCUT2D eigenvalue weighted by atomic mass is 35.5. The SMILES string of the molecule is CC(C)(C)CC(C)(C)C1=CC(n2c3ccc(C(C)(C)C)cc3c3cc(C(C)(C)C)ccc32)C(O)(OCCCOc2c(Cl)cc(C(C)(C)C)cc2-c2cc(C(C)(C)CC(C)(C)C)cc(-n3c4ccc(C(C)(C)C)cc4c4cc(C(C)(C)C)ccc43)c2O)C(c2cc(Cl)cc(C(C)(C)C)c2)=C1. The van der Waals surface area contributed by atoms with E-state index in [9.17, 15) is 10.2 Å². The number of nitrogens with zero attached hydrogens (tertiary/aromatic N) is 2. The van der Waals surface area contributed by atoms with Gasteiger partial charge in [-0.25, -0.2) is 0 Å². The van der Waals surface area contributed by atoms with Crippen LogP contribution in [0, 0.1) is 16.2 Å². The van der Waals surface area contributed by atoms with Crippen molar-refractivity contribution in [2.45, 2.75) is 263 Å². The Kier molecular flexibility index (Phi) is 19.5. The number of aromatic nitrogens is 2. The van der Waals surface area contributed by atoms with Crippen molar-refractivity contribution in [1.82, 2.24) is 9.13 Å². The van der Waals surface area contributed by atoms with Crippen LogP contribution >= 0.6 is 23.2 Å². The zero-order chi connectivity index (χ0) is 73.5. The van der Waals surface area contributed by atoms with Crippen LogP contribution in [-0.2, 0) is 42.6 Å². The van der Waals surface area contributed by atoms with E-state index in [1.807, 2.05) is 18.2 Å². The summed E-state index contributed by atoms with van der Waals surface area (Å²) in [7, 11) is 0. The number of hydrogen-bond acceptors (Lipinski definition) is 4. The van der Waals surface area contributed by atoms with E-state index < -0.39 is 11.8 Å². The summed E-state index contributed by atoms with van der Waals surface area (Å²) in [5, 5.41) is 33.7. The van der Waals surface area contributed by atoms with Crippen LogP contribution in [0.3, 0.4) is 0 Å². The number of benzene rings is 7. The first-order valence-electron chi connectivity index (χ1n) is 36.3. The van der Waals surface area contributed by atoms with Gasteiger partial charge in [-0.15, -0.1) is 0 Å². The molecular formula is C91H118Cl2N2O4. The van der Waals surface area contributed by atoms with Crippen LogP contribution < -0.4 is 4.74 Å². The second-order valence-electron chi connectivity index (χ2n) is 39.2. The van der Waals surface area contributed by atoms with Crippen molar-refractivity contribution < 1.29 is 19.7 Å². The number of halogens is 2. The Labute approximate surface area is 605 Å². The van der Waals surface area contributed by atoms with E-state index >= 15 is 0 Å². The minimum Gasteiger partial charge on any atom is -0.505 e. The maximum atomic E-state index is 14.6. The van der Waals surface area contributed by atoms with Gasteiger partial charge >= 0.3 is 0 Å². The van der Waals surface area contributed by atoms with Crippen molar-refractivity contribution >= 4 is 72.4 Å². The van der Waals surface area contributed by atoms with Crippen LogP contribution in [0.1, 0.15) is 264 Å². The highest BCUT2D eigenvalue weighted by Gasteiger charge is 2.48. The lowest BCUT2D eigenvalue weighted by molar-refractivity contribution is -0.179. The third-order valence-corrected chi connectivity index (χ3v) is 21.2. The summed E-state index contributed by atoms with van der Waals surface area (Å²) in [4.78, 5) is 0. The molecule has 0 amide bonds. The predicted molar refractivity (Wildman–Crippen MR) is 427 cm³/mol. The lowest BCUT2D eigenvalue weighted by Crippen LogP contribution is -2.45. The summed E-state index contributed by atoms with van der Waals surface area (Å²) >= 11 is 14.9. The van der Waals surface area contributed by atoms with E-state index in [1.165, 1.54) is 22.3 Å². The molecule has 0 bridgehead atoms. The Hall–Kier alpha value is -6.28. The highest BCUT2D eigenvalue weighted by Crippen LogP contribution is 2.54. The molecule has 0 radical (unpaired) electrons. The number of phenolic OH excluding ortho intramolecular Hbond substituents is 1. The second-order valence-corrected chi connectivity index (χ2v) is 40.0. The third-order valence-electron chi connectivity index (χ3n) is 20.7. The van der Waals surface area contributed by atoms with Gasteiger partial charge in [0.2, 0.25) is 5.79 Å². The molecule has 2 N–H and O–H groups in total. The standard InChI is InChI=1S/C91H118Cl2N2O4/c1-81(2,3)53-89(25,26)62-48-69(79(96)77(51-62)94-73-34-30-56(83(7,8)9)43-65(73)66-44-57(84(10,11)12)31-35-74(66)94)70-47-61(88(22,23)24)50-72(93)80(70)98-38-29-39-99-91(97)71(55-40-60(87(19,20)21)42-64(92)41-55)49-63(90(27,28)54-82(4,5)6)52-78(91)95-75-36-32-58(85(13,14)15)45-67(75)68-46-59(86(16,17)18)33-37-76(68)95/h30-37,40-52,78,96-97H,29,38-39,53-54H2,1-28H3. The van der Waals surface area contributed by atoms with Gasteiger partial charge in [-0.1, -0.05) is 253 Å². The summed E-state index contributed by atoms with van der Waals surface area (Å²) in [6, 6.07) is 41.5. The first kappa shape index (κ1) is 75.4. The van der Waals surface area contributed by atoms with Gasteiger partial charge in [0, 0.05) is 60.7 Å². The van der Waals surface area contributed by atoms with Gasteiger partial charge < -0.3 is 28.8 Å². The van der Waals surface area contributed by atoms with Crippen molar-refractivity contribution in [2.24, 2.45) is 16.2 Å². The molecule has 2 atom stereocenters. The van der Waals surface area contributed by atoms with E-state index in [0.29, 0.717) is 44.6 Å². The lowest BCUT2D eigenvalue weighted by Gasteiger charge is -2.44. The normalized spacial score (nSPS) is 16.8. The molecule has 2 heterocycles. The zero-order valence-corrected chi connectivity index (χ0v) is 67.1. The van der Waals surface area contributed by atoms with Crippen LogP contribution in [0.4, 0.5) is 0 Å². The Morgan fingerprint density at radius 3 is 1.29 bits per heavy atom. The molecule has 9 aromatic rings. The van der Waals surface area contributed by atoms with Crippen LogP contribution in [-0.4, -0.2) is 38.3 Å². The average Bonchev–Trinajstić information content (AvgIpc) is 1.64. The Bertz CT molecular complexity index is 4510. The lowest BCUT2D eigenvalue weighted by atomic mass is 9.68. The number of phenols is 1. The number of ether oxygens (including phenoxy) is 2. The highest BCUT2D eigenvalue weighted by molar-refractivity contribution is 6.32. The fourth-order valence-corrected chi connectivity index (χ4v) is 16.1. The molecule has 7 aromatic carbocycles. The largest absolute Gasteiger partial charge is 0.505 e. The molecule has 99 heavy (non-hydrogen) atoms. The van der Waals surface area contributed by atoms with Gasteiger partial charge in [0.15, 0.2) is 0 Å². The van der Waals surface area contributed by atoms with Crippen molar-refractivity contribution in [3.8, 4) is 28.3 Å². The van der Waals surface area contributed by atoms with Crippen LogP contribution in [0.25, 0.3) is 66.0 Å². The van der Waals surface area contributed by atoms with E-state index in [0.717, 1.165) is 84.3 Å². The van der Waals surface area contributed by atoms with Gasteiger partial charge in [0.05, 0.1) is 35.0 Å². The first-order valence-corrected chi connectivity index (χ1v) is 37.1. The van der Waals surface area contributed by atoms with Gasteiger partial charge in [0.1, 0.15) is 17.5 Å². The minimum absolute atomic E-state index is 0.0184. The zero-order valence-electron chi connectivity index (χ0n) is 65.6. The molecule has 8 heteroatoms. The first-order chi connectivity index (χ1) is 45.2. The number of allylic oxidation sites excluding steroid dienone is 2. The fraction of sp³-hybridized carbons (Fsp3) is 0.495.